The van der Waals surface area contributed by atoms with Crippen LogP contribution >= 0.6 is 24.2 Å². The molecule has 0 aliphatic heterocycles. The number of aromatic amines is 1. The van der Waals surface area contributed by atoms with Crippen molar-refractivity contribution in [2.75, 3.05) is 5.75 Å². The Morgan fingerprint density at radius 2 is 2.25 bits per heavy atom. The van der Waals surface area contributed by atoms with Gasteiger partial charge in [0.25, 0.3) is 0 Å². The first kappa shape index (κ1) is 11.5. The minimum Gasteiger partial charge on any atom is -0.342 e. The Bertz CT molecular complexity index is 498. The normalized spacial score (nSPS) is 10.7. The molecule has 1 aromatic carbocycles. The van der Waals surface area contributed by atoms with Gasteiger partial charge in [0.05, 0.1) is 16.9 Å². The lowest BCUT2D eigenvalue weighted by Gasteiger charge is -1.99. The van der Waals surface area contributed by atoms with Crippen LogP contribution < -0.4 is 0 Å². The first-order valence-corrected chi connectivity index (χ1v) is 5.82. The number of halogens is 2. The van der Waals surface area contributed by atoms with Gasteiger partial charge in [0.2, 0.25) is 0 Å². The van der Waals surface area contributed by atoms with Crippen molar-refractivity contribution in [3.8, 4) is 11.3 Å². The topological polar surface area (TPSA) is 28.7 Å². The van der Waals surface area contributed by atoms with Gasteiger partial charge in [0.1, 0.15) is 11.6 Å². The molecule has 0 fully saturated rings. The molecular formula is C11H10ClFN2S. The van der Waals surface area contributed by atoms with E-state index < -0.39 is 5.82 Å². The van der Waals surface area contributed by atoms with Crippen LogP contribution in [0.4, 0.5) is 4.39 Å². The average Bonchev–Trinajstić information content (AvgIpc) is 2.71. The molecule has 0 radical (unpaired) electrons. The molecule has 0 bridgehead atoms. The van der Waals surface area contributed by atoms with Crippen molar-refractivity contribution in [1.82, 2.24) is 9.97 Å². The van der Waals surface area contributed by atoms with E-state index in [1.165, 1.54) is 6.07 Å². The minimum absolute atomic E-state index is 0.114. The fraction of sp³-hybridized carbons (Fsp3) is 0.182. The van der Waals surface area contributed by atoms with Crippen molar-refractivity contribution in [1.29, 1.82) is 0 Å². The number of imidazole rings is 1. The molecular weight excluding hydrogens is 247 g/mol. The predicted molar refractivity (Wildman–Crippen MR) is 66.5 cm³/mol. The molecule has 0 atom stereocenters. The number of H-pyrrole nitrogens is 1. The predicted octanol–water partition coefficient (Wildman–Crippen LogP) is 3.34. The molecule has 0 saturated carbocycles. The van der Waals surface area contributed by atoms with E-state index >= 15 is 0 Å². The van der Waals surface area contributed by atoms with E-state index in [9.17, 15) is 4.39 Å². The molecule has 5 heteroatoms. The first-order chi connectivity index (χ1) is 7.70. The summed E-state index contributed by atoms with van der Waals surface area (Å²) in [4.78, 5) is 7.33. The standard InChI is InChI=1S/C11H10ClFN2S/c12-8-5-7(1-2-9(8)13)10-6-14-11(15-10)3-4-16/h1-2,5-6,16H,3-4H2,(H,14,15). The van der Waals surface area contributed by atoms with Crippen molar-refractivity contribution < 1.29 is 4.39 Å². The monoisotopic (exact) mass is 256 g/mol. The highest BCUT2D eigenvalue weighted by Crippen LogP contribution is 2.23. The Kier molecular flexibility index (Phi) is 3.51. The molecule has 2 nitrogen and oxygen atoms in total. The second-order valence-electron chi connectivity index (χ2n) is 3.35. The van der Waals surface area contributed by atoms with Gasteiger partial charge in [0, 0.05) is 12.0 Å². The summed E-state index contributed by atoms with van der Waals surface area (Å²) in [6, 6.07) is 4.59. The molecule has 0 aliphatic carbocycles. The van der Waals surface area contributed by atoms with Crippen molar-refractivity contribution in [3.63, 3.8) is 0 Å². The van der Waals surface area contributed by atoms with Crippen molar-refractivity contribution in [3.05, 3.63) is 41.1 Å². The number of hydrogen-bond acceptors (Lipinski definition) is 2. The third kappa shape index (κ3) is 2.39. The number of aromatic nitrogens is 2. The number of aryl methyl sites for hydroxylation is 1. The number of rotatable bonds is 3. The molecule has 2 rings (SSSR count). The number of nitrogens with zero attached hydrogens (tertiary/aromatic N) is 1. The van der Waals surface area contributed by atoms with Crippen LogP contribution in [0.15, 0.2) is 24.4 Å². The zero-order chi connectivity index (χ0) is 11.5. The molecule has 0 spiro atoms. The number of thiol groups is 1. The van der Waals surface area contributed by atoms with E-state index in [1.54, 1.807) is 18.3 Å². The maximum atomic E-state index is 13.0. The molecule has 84 valence electrons. The Hall–Kier alpha value is -1.00. The Balaban J connectivity index is 2.31. The first-order valence-electron chi connectivity index (χ1n) is 4.81. The number of benzene rings is 1. The van der Waals surface area contributed by atoms with Gasteiger partial charge in [0.15, 0.2) is 0 Å². The second-order valence-corrected chi connectivity index (χ2v) is 4.20. The average molecular weight is 257 g/mol. The van der Waals surface area contributed by atoms with Gasteiger partial charge in [-0.15, -0.1) is 0 Å². The molecule has 0 unspecified atom stereocenters. The van der Waals surface area contributed by atoms with E-state index in [0.29, 0.717) is 0 Å². The van der Waals surface area contributed by atoms with E-state index in [4.69, 9.17) is 11.6 Å². The quantitative estimate of drug-likeness (QED) is 0.811. The van der Waals surface area contributed by atoms with Crippen LogP contribution in [0.3, 0.4) is 0 Å². The summed E-state index contributed by atoms with van der Waals surface area (Å²) in [5.74, 6) is 1.18. The van der Waals surface area contributed by atoms with Crippen LogP contribution in [0.25, 0.3) is 11.3 Å². The summed E-state index contributed by atoms with van der Waals surface area (Å²) in [5.41, 5.74) is 1.66. The van der Waals surface area contributed by atoms with Crippen molar-refractivity contribution in [2.24, 2.45) is 0 Å². The van der Waals surface area contributed by atoms with Gasteiger partial charge < -0.3 is 4.98 Å². The largest absolute Gasteiger partial charge is 0.342 e. The van der Waals surface area contributed by atoms with Crippen LogP contribution in [-0.2, 0) is 6.42 Å². The molecule has 1 N–H and O–H groups in total. The fourth-order valence-corrected chi connectivity index (χ4v) is 1.80. The van der Waals surface area contributed by atoms with Crippen molar-refractivity contribution >= 4 is 24.2 Å². The molecule has 1 aromatic heterocycles. The minimum atomic E-state index is -0.416. The SMILES string of the molecule is Fc1ccc(-c2cnc(CCS)[nH]2)cc1Cl. The van der Waals surface area contributed by atoms with Crippen LogP contribution in [-0.4, -0.2) is 15.7 Å². The number of hydrogen-bond donors (Lipinski definition) is 2. The van der Waals surface area contributed by atoms with E-state index in [0.717, 1.165) is 29.3 Å². The lowest BCUT2D eigenvalue weighted by atomic mass is 10.2. The van der Waals surface area contributed by atoms with Crippen LogP contribution in [0.2, 0.25) is 5.02 Å². The van der Waals surface area contributed by atoms with Gasteiger partial charge in [-0.3, -0.25) is 0 Å². The van der Waals surface area contributed by atoms with Gasteiger partial charge >= 0.3 is 0 Å². The molecule has 16 heavy (non-hydrogen) atoms. The summed E-state index contributed by atoms with van der Waals surface area (Å²) in [6.45, 7) is 0. The fourth-order valence-electron chi connectivity index (χ4n) is 1.41. The molecule has 0 saturated heterocycles. The Morgan fingerprint density at radius 3 is 2.94 bits per heavy atom. The van der Waals surface area contributed by atoms with Gasteiger partial charge in [-0.1, -0.05) is 11.6 Å². The van der Waals surface area contributed by atoms with Crippen LogP contribution in [0.1, 0.15) is 5.82 Å². The van der Waals surface area contributed by atoms with Crippen molar-refractivity contribution in [2.45, 2.75) is 6.42 Å². The zero-order valence-corrected chi connectivity index (χ0v) is 10.0. The highest BCUT2D eigenvalue weighted by molar-refractivity contribution is 7.80. The van der Waals surface area contributed by atoms with Crippen LogP contribution in [0, 0.1) is 5.82 Å². The lowest BCUT2D eigenvalue weighted by molar-refractivity contribution is 0.628. The number of nitrogens with one attached hydrogen (secondary N) is 1. The smallest absolute Gasteiger partial charge is 0.141 e. The maximum Gasteiger partial charge on any atom is 0.141 e. The zero-order valence-electron chi connectivity index (χ0n) is 8.37. The molecule has 0 amide bonds. The molecule has 0 aliphatic rings. The summed E-state index contributed by atoms with van der Waals surface area (Å²) >= 11 is 9.84. The van der Waals surface area contributed by atoms with Gasteiger partial charge in [-0.25, -0.2) is 9.37 Å². The van der Waals surface area contributed by atoms with Crippen LogP contribution in [0.5, 0.6) is 0 Å². The Labute approximate surface area is 103 Å². The molecule has 2 aromatic rings. The van der Waals surface area contributed by atoms with E-state index in [-0.39, 0.29) is 5.02 Å². The summed E-state index contributed by atoms with van der Waals surface area (Å²) in [5, 5.41) is 0.114. The molecule has 1 heterocycles. The van der Waals surface area contributed by atoms with E-state index in [2.05, 4.69) is 22.6 Å². The lowest BCUT2D eigenvalue weighted by Crippen LogP contribution is -1.88. The third-order valence-corrected chi connectivity index (χ3v) is 2.72. The summed E-state index contributed by atoms with van der Waals surface area (Å²) in [6.07, 6.45) is 2.49. The maximum absolute atomic E-state index is 13.0. The van der Waals surface area contributed by atoms with Gasteiger partial charge in [-0.2, -0.15) is 12.6 Å². The summed E-state index contributed by atoms with van der Waals surface area (Å²) in [7, 11) is 0. The Morgan fingerprint density at radius 1 is 1.44 bits per heavy atom. The highest BCUT2D eigenvalue weighted by Gasteiger charge is 2.05. The summed E-state index contributed by atoms with van der Waals surface area (Å²) < 4.78 is 13.0. The van der Waals surface area contributed by atoms with E-state index in [1.807, 2.05) is 0 Å². The van der Waals surface area contributed by atoms with Gasteiger partial charge in [-0.05, 0) is 24.0 Å². The highest BCUT2D eigenvalue weighted by atomic mass is 35.5. The third-order valence-electron chi connectivity index (χ3n) is 2.21. The second kappa shape index (κ2) is 4.89.